The number of hydrogen-bond acceptors (Lipinski definition) is 1. The SMILES string of the molecule is CC(C)N(C)c1cccc(C(C)(C)C)c1Cl. The monoisotopic (exact) mass is 239 g/mol. The highest BCUT2D eigenvalue weighted by Gasteiger charge is 2.20. The zero-order valence-electron chi connectivity index (χ0n) is 11.1. The first-order valence-corrected chi connectivity index (χ1v) is 6.14. The van der Waals surface area contributed by atoms with E-state index in [1.807, 2.05) is 0 Å². The molecule has 0 unspecified atom stereocenters. The summed E-state index contributed by atoms with van der Waals surface area (Å²) in [6.45, 7) is 10.9. The Morgan fingerprint density at radius 3 is 2.19 bits per heavy atom. The topological polar surface area (TPSA) is 3.24 Å². The Bertz CT molecular complexity index is 363. The van der Waals surface area contributed by atoms with E-state index in [0.717, 1.165) is 10.7 Å². The molecule has 0 amide bonds. The summed E-state index contributed by atoms with van der Waals surface area (Å²) in [6.07, 6.45) is 0. The van der Waals surface area contributed by atoms with E-state index >= 15 is 0 Å². The third kappa shape index (κ3) is 2.70. The zero-order valence-corrected chi connectivity index (χ0v) is 11.9. The van der Waals surface area contributed by atoms with E-state index in [9.17, 15) is 0 Å². The van der Waals surface area contributed by atoms with Crippen LogP contribution in [-0.2, 0) is 5.41 Å². The van der Waals surface area contributed by atoms with Gasteiger partial charge in [0.15, 0.2) is 0 Å². The fourth-order valence-electron chi connectivity index (χ4n) is 1.65. The van der Waals surface area contributed by atoms with Crippen LogP contribution in [0.1, 0.15) is 40.2 Å². The van der Waals surface area contributed by atoms with E-state index in [1.165, 1.54) is 5.56 Å². The molecule has 0 bridgehead atoms. The van der Waals surface area contributed by atoms with E-state index in [4.69, 9.17) is 11.6 Å². The van der Waals surface area contributed by atoms with Crippen molar-refractivity contribution in [3.05, 3.63) is 28.8 Å². The first kappa shape index (κ1) is 13.4. The first-order chi connectivity index (χ1) is 7.25. The molecule has 0 radical (unpaired) electrons. The van der Waals surface area contributed by atoms with Crippen LogP contribution in [0.2, 0.25) is 5.02 Å². The molecule has 0 heterocycles. The van der Waals surface area contributed by atoms with Gasteiger partial charge in [0, 0.05) is 13.1 Å². The molecule has 1 nitrogen and oxygen atoms in total. The molecule has 0 aliphatic carbocycles. The molecule has 0 aliphatic heterocycles. The third-order valence-electron chi connectivity index (χ3n) is 2.94. The van der Waals surface area contributed by atoms with Crippen LogP contribution >= 0.6 is 11.6 Å². The minimum absolute atomic E-state index is 0.0882. The van der Waals surface area contributed by atoms with Crippen molar-refractivity contribution in [1.82, 2.24) is 0 Å². The highest BCUT2D eigenvalue weighted by Crippen LogP contribution is 2.36. The van der Waals surface area contributed by atoms with Gasteiger partial charge in [-0.1, -0.05) is 44.5 Å². The van der Waals surface area contributed by atoms with Gasteiger partial charge in [-0.25, -0.2) is 0 Å². The highest BCUT2D eigenvalue weighted by molar-refractivity contribution is 6.34. The van der Waals surface area contributed by atoms with Crippen LogP contribution in [0.25, 0.3) is 0 Å². The van der Waals surface area contributed by atoms with Gasteiger partial charge in [0.2, 0.25) is 0 Å². The second kappa shape index (κ2) is 4.67. The Morgan fingerprint density at radius 2 is 1.75 bits per heavy atom. The quantitative estimate of drug-likeness (QED) is 0.736. The number of rotatable bonds is 2. The van der Waals surface area contributed by atoms with Crippen LogP contribution < -0.4 is 4.90 Å². The van der Waals surface area contributed by atoms with Crippen molar-refractivity contribution in [2.75, 3.05) is 11.9 Å². The molecule has 1 aromatic carbocycles. The summed E-state index contributed by atoms with van der Waals surface area (Å²) in [6, 6.07) is 6.73. The summed E-state index contributed by atoms with van der Waals surface area (Å²) in [4.78, 5) is 2.21. The van der Waals surface area contributed by atoms with Crippen molar-refractivity contribution < 1.29 is 0 Å². The standard InChI is InChI=1S/C14H22ClN/c1-10(2)16(6)12-9-7-8-11(13(12)15)14(3,4)5/h7-10H,1-6H3. The summed E-state index contributed by atoms with van der Waals surface area (Å²) in [5.41, 5.74) is 2.41. The molecular formula is C14H22ClN. The van der Waals surface area contributed by atoms with Crippen LogP contribution in [0.3, 0.4) is 0 Å². The molecule has 0 spiro atoms. The van der Waals surface area contributed by atoms with Crippen LogP contribution in [0, 0.1) is 0 Å². The summed E-state index contributed by atoms with van der Waals surface area (Å²) in [5.74, 6) is 0. The molecule has 90 valence electrons. The van der Waals surface area contributed by atoms with Crippen molar-refractivity contribution in [1.29, 1.82) is 0 Å². The maximum absolute atomic E-state index is 6.49. The Kier molecular flexibility index (Phi) is 3.90. The van der Waals surface area contributed by atoms with E-state index in [-0.39, 0.29) is 5.41 Å². The number of hydrogen-bond donors (Lipinski definition) is 0. The Hall–Kier alpha value is -0.690. The lowest BCUT2D eigenvalue weighted by atomic mass is 9.86. The normalized spacial score (nSPS) is 12.0. The van der Waals surface area contributed by atoms with Crippen molar-refractivity contribution in [3.8, 4) is 0 Å². The number of nitrogens with zero attached hydrogens (tertiary/aromatic N) is 1. The summed E-state index contributed by atoms with van der Waals surface area (Å²) >= 11 is 6.49. The Labute approximate surface area is 104 Å². The van der Waals surface area contributed by atoms with Crippen molar-refractivity contribution in [2.45, 2.75) is 46.1 Å². The number of halogens is 1. The average molecular weight is 240 g/mol. The smallest absolute Gasteiger partial charge is 0.0676 e. The molecule has 0 saturated carbocycles. The van der Waals surface area contributed by atoms with Gasteiger partial charge in [-0.2, -0.15) is 0 Å². The van der Waals surface area contributed by atoms with E-state index in [0.29, 0.717) is 6.04 Å². The average Bonchev–Trinajstić information content (AvgIpc) is 2.15. The highest BCUT2D eigenvalue weighted by atomic mass is 35.5. The molecule has 2 heteroatoms. The van der Waals surface area contributed by atoms with Crippen LogP contribution in [-0.4, -0.2) is 13.1 Å². The van der Waals surface area contributed by atoms with Gasteiger partial charge in [-0.15, -0.1) is 0 Å². The van der Waals surface area contributed by atoms with Crippen LogP contribution in [0.5, 0.6) is 0 Å². The van der Waals surface area contributed by atoms with Crippen LogP contribution in [0.15, 0.2) is 18.2 Å². The molecule has 0 aliphatic rings. The Balaban J connectivity index is 3.24. The van der Waals surface area contributed by atoms with Gasteiger partial charge in [-0.05, 0) is 30.9 Å². The lowest BCUT2D eigenvalue weighted by molar-refractivity contribution is 0.590. The molecule has 0 N–H and O–H groups in total. The summed E-state index contributed by atoms with van der Waals surface area (Å²) < 4.78 is 0. The van der Waals surface area contributed by atoms with Gasteiger partial charge < -0.3 is 4.90 Å². The molecule has 16 heavy (non-hydrogen) atoms. The predicted octanol–water partition coefficient (Wildman–Crippen LogP) is 4.48. The van der Waals surface area contributed by atoms with Gasteiger partial charge in [-0.3, -0.25) is 0 Å². The lowest BCUT2D eigenvalue weighted by Crippen LogP contribution is -2.26. The maximum Gasteiger partial charge on any atom is 0.0676 e. The molecule has 0 atom stereocenters. The van der Waals surface area contributed by atoms with Gasteiger partial charge >= 0.3 is 0 Å². The van der Waals surface area contributed by atoms with Gasteiger partial charge in [0.05, 0.1) is 10.7 Å². The molecule has 0 aromatic heterocycles. The summed E-state index contributed by atoms with van der Waals surface area (Å²) in [5, 5.41) is 0.881. The van der Waals surface area contributed by atoms with E-state index < -0.39 is 0 Å². The Morgan fingerprint density at radius 1 is 1.19 bits per heavy atom. The molecule has 0 fully saturated rings. The number of benzene rings is 1. The zero-order chi connectivity index (χ0) is 12.5. The second-order valence-electron chi connectivity index (χ2n) is 5.59. The van der Waals surface area contributed by atoms with Crippen molar-refractivity contribution >= 4 is 17.3 Å². The summed E-state index contributed by atoms with van der Waals surface area (Å²) in [7, 11) is 2.08. The fraction of sp³-hybridized carbons (Fsp3) is 0.571. The molecule has 0 saturated heterocycles. The first-order valence-electron chi connectivity index (χ1n) is 5.77. The van der Waals surface area contributed by atoms with E-state index in [1.54, 1.807) is 0 Å². The fourth-order valence-corrected chi connectivity index (χ4v) is 2.19. The van der Waals surface area contributed by atoms with E-state index in [2.05, 4.69) is 64.8 Å². The third-order valence-corrected chi connectivity index (χ3v) is 3.34. The molecular weight excluding hydrogens is 218 g/mol. The van der Waals surface area contributed by atoms with Crippen molar-refractivity contribution in [2.24, 2.45) is 0 Å². The van der Waals surface area contributed by atoms with Crippen LogP contribution in [0.4, 0.5) is 5.69 Å². The minimum atomic E-state index is 0.0882. The van der Waals surface area contributed by atoms with Crippen molar-refractivity contribution in [3.63, 3.8) is 0 Å². The second-order valence-corrected chi connectivity index (χ2v) is 5.97. The number of anilines is 1. The van der Waals surface area contributed by atoms with Gasteiger partial charge in [0.1, 0.15) is 0 Å². The molecule has 1 aromatic rings. The minimum Gasteiger partial charge on any atom is -0.371 e. The van der Waals surface area contributed by atoms with Gasteiger partial charge in [0.25, 0.3) is 0 Å². The predicted molar refractivity (Wildman–Crippen MR) is 73.7 cm³/mol. The molecule has 1 rings (SSSR count). The maximum atomic E-state index is 6.49. The lowest BCUT2D eigenvalue weighted by Gasteiger charge is -2.28. The largest absolute Gasteiger partial charge is 0.371 e.